The van der Waals surface area contributed by atoms with E-state index in [-0.39, 0.29) is 17.7 Å². The standard InChI is InChI=1S/C20H23FN2O4S.C19H21FN2O2.C2H6O5S2/c1-12(2)18-17(20(24)27-3)16(13-7-9-14(21)10-8-13)15-6-5-11-23(19(15)22-18)28(4,25)26;1-11(2)17-16(19(23)24-3)15(12-6-8-13(20)9-7-12)14-5-4-10-21-18(14)22-17;1-8(3,4)7-9(2,5)6/h7-10,12H,5-6,11H2,1-4H3;6-9,11H,4-5,10H2,1-3H3,(H,21,22);1-2H3. The summed E-state index contributed by atoms with van der Waals surface area (Å²) in [6.07, 6.45) is 5.41. The van der Waals surface area contributed by atoms with Gasteiger partial charge in [-0.25, -0.2) is 36.8 Å². The maximum Gasteiger partial charge on any atom is 0.340 e. The number of anilines is 2. The molecule has 2 aromatic carbocycles. The summed E-state index contributed by atoms with van der Waals surface area (Å²) in [6, 6.07) is 12.0. The third kappa shape index (κ3) is 12.3. The van der Waals surface area contributed by atoms with E-state index in [0.717, 1.165) is 48.2 Å². The highest BCUT2D eigenvalue weighted by molar-refractivity contribution is 7.99. The predicted molar refractivity (Wildman–Crippen MR) is 228 cm³/mol. The Bertz CT molecular complexity index is 2570. The van der Waals surface area contributed by atoms with E-state index in [2.05, 4.69) is 13.9 Å². The van der Waals surface area contributed by atoms with Crippen molar-refractivity contribution in [1.29, 1.82) is 0 Å². The molecule has 15 nitrogen and oxygen atoms in total. The molecule has 0 saturated heterocycles. The maximum atomic E-state index is 13.5. The van der Waals surface area contributed by atoms with Crippen LogP contribution in [0, 0.1) is 11.6 Å². The smallest absolute Gasteiger partial charge is 0.340 e. The van der Waals surface area contributed by atoms with Gasteiger partial charge >= 0.3 is 11.9 Å². The molecule has 0 atom stereocenters. The highest BCUT2D eigenvalue weighted by atomic mass is 32.3. The summed E-state index contributed by atoms with van der Waals surface area (Å²) in [5, 5.41) is 3.33. The Balaban J connectivity index is 0.000000226. The number of sulfonamides is 1. The van der Waals surface area contributed by atoms with Gasteiger partial charge in [-0.2, -0.15) is 16.8 Å². The van der Waals surface area contributed by atoms with Crippen molar-refractivity contribution in [3.05, 3.63) is 93.8 Å². The highest BCUT2D eigenvalue weighted by Gasteiger charge is 2.34. The summed E-state index contributed by atoms with van der Waals surface area (Å²) < 4.78 is 107. The zero-order valence-corrected chi connectivity index (χ0v) is 37.8. The third-order valence-corrected chi connectivity index (χ3v) is 12.5. The fraction of sp³-hybridized carbons (Fsp3) is 0.415. The van der Waals surface area contributed by atoms with Gasteiger partial charge in [-0.05, 0) is 72.9 Å². The SMILES string of the molecule is COC(=O)c1c(C(C)C)nc2c(c1-c1ccc(F)cc1)CCCN2.COC(=O)c1c(C(C)C)nc2c(c1-c1ccc(F)cc1)CCCN2S(C)(=O)=O.CS(=O)(=O)OS(C)(=O)=O. The van der Waals surface area contributed by atoms with Crippen LogP contribution in [0.1, 0.15) is 95.6 Å². The lowest BCUT2D eigenvalue weighted by Gasteiger charge is -2.32. The number of aromatic nitrogens is 2. The first-order chi connectivity index (χ1) is 28.4. The molecule has 6 rings (SSSR count). The van der Waals surface area contributed by atoms with Gasteiger partial charge in [0, 0.05) is 35.3 Å². The number of fused-ring (bicyclic) bond motifs is 2. The Labute approximate surface area is 356 Å². The van der Waals surface area contributed by atoms with E-state index in [1.54, 1.807) is 24.3 Å². The van der Waals surface area contributed by atoms with Crippen LogP contribution >= 0.6 is 0 Å². The summed E-state index contributed by atoms with van der Waals surface area (Å²) >= 11 is 0. The van der Waals surface area contributed by atoms with Crippen LogP contribution in [0.4, 0.5) is 20.4 Å². The molecule has 4 aromatic rings. The van der Waals surface area contributed by atoms with Gasteiger partial charge in [-0.3, -0.25) is 4.31 Å². The number of esters is 2. The van der Waals surface area contributed by atoms with Crippen LogP contribution in [0.25, 0.3) is 22.3 Å². The number of halogens is 2. The molecule has 2 aliphatic heterocycles. The Hall–Kier alpha value is -5.05. The number of hydrogen-bond acceptors (Lipinski definition) is 14. The highest BCUT2D eigenvalue weighted by Crippen LogP contribution is 2.42. The van der Waals surface area contributed by atoms with Gasteiger partial charge in [-0.15, -0.1) is 3.63 Å². The second-order valence-corrected chi connectivity index (χ2v) is 20.1. The van der Waals surface area contributed by atoms with Gasteiger partial charge in [0.1, 0.15) is 23.3 Å². The van der Waals surface area contributed by atoms with Crippen molar-refractivity contribution in [2.45, 2.75) is 65.2 Å². The molecule has 0 spiro atoms. The molecule has 0 radical (unpaired) electrons. The first-order valence-electron chi connectivity index (χ1n) is 19.0. The number of pyridine rings is 2. The van der Waals surface area contributed by atoms with Crippen molar-refractivity contribution in [3.8, 4) is 22.3 Å². The summed E-state index contributed by atoms with van der Waals surface area (Å²) in [5.74, 6) is -0.582. The third-order valence-electron chi connectivity index (χ3n) is 9.34. The average Bonchev–Trinajstić information content (AvgIpc) is 3.18. The van der Waals surface area contributed by atoms with Crippen molar-refractivity contribution < 1.29 is 56.7 Å². The van der Waals surface area contributed by atoms with Crippen LogP contribution in [-0.2, 0) is 56.2 Å². The van der Waals surface area contributed by atoms with E-state index in [1.807, 2.05) is 27.7 Å². The topological polar surface area (TPSA) is 205 Å². The van der Waals surface area contributed by atoms with Gasteiger partial charge in [0.25, 0.3) is 20.2 Å². The second-order valence-electron chi connectivity index (χ2n) is 14.9. The molecule has 0 bridgehead atoms. The lowest BCUT2D eigenvalue weighted by Crippen LogP contribution is -2.36. The van der Waals surface area contributed by atoms with Gasteiger partial charge in [0.2, 0.25) is 10.0 Å². The number of ether oxygens (including phenoxy) is 2. The number of rotatable bonds is 9. The van der Waals surface area contributed by atoms with Crippen molar-refractivity contribution in [2.24, 2.45) is 0 Å². The van der Waals surface area contributed by atoms with E-state index >= 15 is 0 Å². The summed E-state index contributed by atoms with van der Waals surface area (Å²) in [6.45, 7) is 8.94. The first kappa shape index (κ1) is 48.6. The average molecular weight is 909 g/mol. The predicted octanol–water partition coefficient (Wildman–Crippen LogP) is 6.59. The van der Waals surface area contributed by atoms with Crippen LogP contribution in [0.5, 0.6) is 0 Å². The molecule has 20 heteroatoms. The molecule has 332 valence electrons. The minimum atomic E-state index is -3.87. The molecular formula is C41H50F2N4O11S3. The Morgan fingerprint density at radius 1 is 0.672 bits per heavy atom. The number of nitrogens with one attached hydrogen (secondary N) is 1. The van der Waals surface area contributed by atoms with E-state index in [1.165, 1.54) is 42.8 Å². The maximum absolute atomic E-state index is 13.5. The van der Waals surface area contributed by atoms with Crippen LogP contribution < -0.4 is 9.62 Å². The number of methoxy groups -OCH3 is 2. The van der Waals surface area contributed by atoms with E-state index < -0.39 is 48.0 Å². The van der Waals surface area contributed by atoms with E-state index in [0.29, 0.717) is 76.9 Å². The lowest BCUT2D eigenvalue weighted by molar-refractivity contribution is 0.0590. The Kier molecular flexibility index (Phi) is 15.8. The number of nitrogens with zero attached hydrogens (tertiary/aromatic N) is 3. The molecule has 0 amide bonds. The van der Waals surface area contributed by atoms with Crippen molar-refractivity contribution in [1.82, 2.24) is 9.97 Å². The van der Waals surface area contributed by atoms with E-state index in [9.17, 15) is 43.6 Å². The van der Waals surface area contributed by atoms with Gasteiger partial charge in [-0.1, -0.05) is 52.0 Å². The first-order valence-corrected chi connectivity index (χ1v) is 24.5. The van der Waals surface area contributed by atoms with Crippen LogP contribution in [-0.4, -0.2) is 93.2 Å². The van der Waals surface area contributed by atoms with Crippen molar-refractivity contribution in [2.75, 3.05) is 55.7 Å². The lowest BCUT2D eigenvalue weighted by atomic mass is 9.88. The van der Waals surface area contributed by atoms with Crippen molar-refractivity contribution >= 4 is 53.8 Å². The zero-order valence-electron chi connectivity index (χ0n) is 35.3. The van der Waals surface area contributed by atoms with Gasteiger partial charge in [0.05, 0.1) is 55.5 Å². The van der Waals surface area contributed by atoms with Gasteiger partial charge < -0.3 is 14.8 Å². The zero-order chi connectivity index (χ0) is 45.6. The molecule has 0 saturated carbocycles. The molecule has 0 unspecified atom stereocenters. The Morgan fingerprint density at radius 3 is 1.49 bits per heavy atom. The fourth-order valence-corrected chi connectivity index (χ4v) is 9.67. The number of hydrogen-bond donors (Lipinski definition) is 1. The molecular weight excluding hydrogens is 859 g/mol. The molecule has 0 fully saturated rings. The molecule has 0 aliphatic carbocycles. The largest absolute Gasteiger partial charge is 0.465 e. The molecule has 61 heavy (non-hydrogen) atoms. The number of carbonyl (C=O) groups excluding carboxylic acids is 2. The van der Waals surface area contributed by atoms with E-state index in [4.69, 9.17) is 14.5 Å². The van der Waals surface area contributed by atoms with Crippen LogP contribution in [0.15, 0.2) is 48.5 Å². The minimum absolute atomic E-state index is 0.0623. The summed E-state index contributed by atoms with van der Waals surface area (Å²) in [7, 11) is -8.60. The molecule has 2 aliphatic rings. The summed E-state index contributed by atoms with van der Waals surface area (Å²) in [5.41, 5.74) is 6.41. The van der Waals surface area contributed by atoms with Crippen LogP contribution in [0.2, 0.25) is 0 Å². The number of carbonyl (C=O) groups is 2. The minimum Gasteiger partial charge on any atom is -0.465 e. The van der Waals surface area contributed by atoms with Gasteiger partial charge in [0.15, 0.2) is 0 Å². The molecule has 1 N–H and O–H groups in total. The van der Waals surface area contributed by atoms with Crippen LogP contribution in [0.3, 0.4) is 0 Å². The second kappa shape index (κ2) is 19.8. The van der Waals surface area contributed by atoms with Crippen molar-refractivity contribution in [3.63, 3.8) is 0 Å². The fourth-order valence-electron chi connectivity index (χ4n) is 6.95. The summed E-state index contributed by atoms with van der Waals surface area (Å²) in [4.78, 5) is 34.5. The monoisotopic (exact) mass is 908 g/mol. The molecule has 4 heterocycles. The normalized spacial score (nSPS) is 13.8. The quantitative estimate of drug-likeness (QED) is 0.176. The molecule has 2 aromatic heterocycles. The number of benzene rings is 2. The Morgan fingerprint density at radius 2 is 1.10 bits per heavy atom.